The summed E-state index contributed by atoms with van der Waals surface area (Å²) in [7, 11) is -1.89. The van der Waals surface area contributed by atoms with E-state index in [9.17, 15) is 8.42 Å². The number of anilines is 2. The van der Waals surface area contributed by atoms with Crippen molar-refractivity contribution in [1.29, 1.82) is 0 Å². The molecule has 0 radical (unpaired) electrons. The Morgan fingerprint density at radius 1 is 1.14 bits per heavy atom. The van der Waals surface area contributed by atoms with Gasteiger partial charge in [-0.3, -0.25) is 4.72 Å². The Morgan fingerprint density at radius 2 is 1.76 bits per heavy atom. The number of hydrogen-bond acceptors (Lipinski definition) is 3. The van der Waals surface area contributed by atoms with E-state index in [0.717, 1.165) is 11.3 Å². The Balaban J connectivity index is 2.34. The van der Waals surface area contributed by atoms with E-state index in [4.69, 9.17) is 11.6 Å². The van der Waals surface area contributed by atoms with Gasteiger partial charge < -0.3 is 5.32 Å². The summed E-state index contributed by atoms with van der Waals surface area (Å²) >= 11 is 9.37. The van der Waals surface area contributed by atoms with Gasteiger partial charge in [-0.05, 0) is 64.8 Å². The highest BCUT2D eigenvalue weighted by atomic mass is 79.9. The third-order valence-corrected chi connectivity index (χ3v) is 5.39. The lowest BCUT2D eigenvalue weighted by Crippen LogP contribution is -2.13. The van der Waals surface area contributed by atoms with Crippen molar-refractivity contribution in [1.82, 2.24) is 0 Å². The molecule has 0 spiro atoms. The average Bonchev–Trinajstić information content (AvgIpc) is 2.44. The monoisotopic (exact) mass is 388 g/mol. The summed E-state index contributed by atoms with van der Waals surface area (Å²) in [5.74, 6) is 0. The molecule has 0 atom stereocenters. The van der Waals surface area contributed by atoms with E-state index in [1.54, 1.807) is 31.3 Å². The van der Waals surface area contributed by atoms with Crippen molar-refractivity contribution < 1.29 is 8.42 Å². The SMILES string of the molecule is CNc1ccc(S(=O)(=O)Nc2cc(Cl)c(C)cc2Br)cc1. The van der Waals surface area contributed by atoms with Crippen molar-refractivity contribution in [3.05, 3.63) is 51.5 Å². The Bertz CT molecular complexity index is 761. The highest BCUT2D eigenvalue weighted by Crippen LogP contribution is 2.30. The molecule has 0 aliphatic carbocycles. The molecule has 0 heterocycles. The number of benzene rings is 2. The zero-order valence-corrected chi connectivity index (χ0v) is 14.6. The standard InChI is InChI=1S/C14H14BrClN2O2S/c1-9-7-12(15)14(8-13(9)16)18-21(19,20)11-5-3-10(17-2)4-6-11/h3-8,17-18H,1-2H3. The number of halogens is 2. The van der Waals surface area contributed by atoms with Gasteiger partial charge in [0.15, 0.2) is 0 Å². The van der Waals surface area contributed by atoms with Gasteiger partial charge in [0.2, 0.25) is 0 Å². The molecule has 0 saturated heterocycles. The maximum absolute atomic E-state index is 12.4. The maximum Gasteiger partial charge on any atom is 0.261 e. The molecule has 0 aliphatic heterocycles. The molecule has 2 N–H and O–H groups in total. The number of rotatable bonds is 4. The summed E-state index contributed by atoms with van der Waals surface area (Å²) in [5.41, 5.74) is 2.11. The molecular formula is C14H14BrClN2O2S. The zero-order valence-electron chi connectivity index (χ0n) is 11.4. The molecular weight excluding hydrogens is 376 g/mol. The van der Waals surface area contributed by atoms with Gasteiger partial charge in [0.05, 0.1) is 10.6 Å². The maximum atomic E-state index is 12.4. The number of hydrogen-bond donors (Lipinski definition) is 2. The summed E-state index contributed by atoms with van der Waals surface area (Å²) in [6, 6.07) is 9.83. The van der Waals surface area contributed by atoms with Gasteiger partial charge in [-0.15, -0.1) is 0 Å². The molecule has 7 heteroatoms. The quantitative estimate of drug-likeness (QED) is 0.821. The van der Waals surface area contributed by atoms with Crippen molar-refractivity contribution in [3.8, 4) is 0 Å². The van der Waals surface area contributed by atoms with Crippen LogP contribution in [0.15, 0.2) is 45.8 Å². The van der Waals surface area contributed by atoms with E-state index in [1.807, 2.05) is 6.92 Å². The van der Waals surface area contributed by atoms with E-state index >= 15 is 0 Å². The lowest BCUT2D eigenvalue weighted by atomic mass is 10.2. The van der Waals surface area contributed by atoms with Crippen LogP contribution in [0.3, 0.4) is 0 Å². The second-order valence-electron chi connectivity index (χ2n) is 4.46. The number of sulfonamides is 1. The molecule has 21 heavy (non-hydrogen) atoms. The van der Waals surface area contributed by atoms with E-state index in [0.29, 0.717) is 15.2 Å². The van der Waals surface area contributed by atoms with E-state index in [1.165, 1.54) is 12.1 Å². The van der Waals surface area contributed by atoms with Gasteiger partial charge in [-0.2, -0.15) is 0 Å². The largest absolute Gasteiger partial charge is 0.388 e. The van der Waals surface area contributed by atoms with Crippen LogP contribution in [-0.4, -0.2) is 15.5 Å². The predicted molar refractivity (Wildman–Crippen MR) is 90.7 cm³/mol. The van der Waals surface area contributed by atoms with Crippen LogP contribution >= 0.6 is 27.5 Å². The Labute approximate surface area is 137 Å². The Morgan fingerprint density at radius 3 is 2.33 bits per heavy atom. The third kappa shape index (κ3) is 3.70. The topological polar surface area (TPSA) is 58.2 Å². The molecule has 2 rings (SSSR count). The molecule has 0 aliphatic rings. The molecule has 0 unspecified atom stereocenters. The summed E-state index contributed by atoms with van der Waals surface area (Å²) in [5, 5.41) is 3.44. The van der Waals surface area contributed by atoms with Gasteiger partial charge in [-0.25, -0.2) is 8.42 Å². The van der Waals surface area contributed by atoms with E-state index in [2.05, 4.69) is 26.0 Å². The van der Waals surface area contributed by atoms with Crippen LogP contribution in [0.4, 0.5) is 11.4 Å². The third-order valence-electron chi connectivity index (χ3n) is 2.95. The molecule has 2 aromatic carbocycles. The minimum atomic E-state index is -3.66. The summed E-state index contributed by atoms with van der Waals surface area (Å²) in [6.07, 6.45) is 0. The summed E-state index contributed by atoms with van der Waals surface area (Å²) in [4.78, 5) is 0.185. The van der Waals surface area contributed by atoms with Crippen molar-refractivity contribution in [2.24, 2.45) is 0 Å². The van der Waals surface area contributed by atoms with Crippen LogP contribution in [0.2, 0.25) is 5.02 Å². The molecule has 2 aromatic rings. The normalized spacial score (nSPS) is 11.2. The number of aryl methyl sites for hydroxylation is 1. The second kappa shape index (κ2) is 6.25. The first-order valence-electron chi connectivity index (χ1n) is 6.10. The fraction of sp³-hybridized carbons (Fsp3) is 0.143. The van der Waals surface area contributed by atoms with Gasteiger partial charge in [-0.1, -0.05) is 11.6 Å². The van der Waals surface area contributed by atoms with E-state index < -0.39 is 10.0 Å². The molecule has 112 valence electrons. The number of nitrogens with one attached hydrogen (secondary N) is 2. The molecule has 0 bridgehead atoms. The van der Waals surface area contributed by atoms with Crippen molar-refractivity contribution in [2.45, 2.75) is 11.8 Å². The van der Waals surface area contributed by atoms with Crippen LogP contribution in [0.25, 0.3) is 0 Å². The first-order valence-corrected chi connectivity index (χ1v) is 8.75. The minimum absolute atomic E-state index is 0.185. The molecule has 0 fully saturated rings. The van der Waals surface area contributed by atoms with Crippen LogP contribution in [-0.2, 0) is 10.0 Å². The first kappa shape index (κ1) is 16.1. The smallest absolute Gasteiger partial charge is 0.261 e. The zero-order chi connectivity index (χ0) is 15.6. The fourth-order valence-corrected chi connectivity index (χ4v) is 3.65. The second-order valence-corrected chi connectivity index (χ2v) is 7.41. The molecule has 0 saturated carbocycles. The fourth-order valence-electron chi connectivity index (χ4n) is 1.73. The minimum Gasteiger partial charge on any atom is -0.388 e. The van der Waals surface area contributed by atoms with Crippen LogP contribution < -0.4 is 10.0 Å². The molecule has 0 aromatic heterocycles. The summed E-state index contributed by atoms with van der Waals surface area (Å²) in [6.45, 7) is 1.85. The van der Waals surface area contributed by atoms with Crippen LogP contribution in [0.5, 0.6) is 0 Å². The van der Waals surface area contributed by atoms with Gasteiger partial charge >= 0.3 is 0 Å². The first-order chi connectivity index (χ1) is 9.83. The summed E-state index contributed by atoms with van der Waals surface area (Å²) < 4.78 is 27.9. The Kier molecular flexibility index (Phi) is 4.81. The Hall–Kier alpha value is -1.24. The van der Waals surface area contributed by atoms with Gasteiger partial charge in [0.25, 0.3) is 10.0 Å². The van der Waals surface area contributed by atoms with Gasteiger partial charge in [0.1, 0.15) is 0 Å². The lowest BCUT2D eigenvalue weighted by molar-refractivity contribution is 0.601. The van der Waals surface area contributed by atoms with Crippen LogP contribution in [0, 0.1) is 6.92 Å². The highest BCUT2D eigenvalue weighted by molar-refractivity contribution is 9.10. The lowest BCUT2D eigenvalue weighted by Gasteiger charge is -2.12. The highest BCUT2D eigenvalue weighted by Gasteiger charge is 2.16. The van der Waals surface area contributed by atoms with Crippen molar-refractivity contribution >= 4 is 48.9 Å². The average molecular weight is 390 g/mol. The van der Waals surface area contributed by atoms with Gasteiger partial charge in [0, 0.05) is 22.2 Å². The van der Waals surface area contributed by atoms with Crippen molar-refractivity contribution in [3.63, 3.8) is 0 Å². The van der Waals surface area contributed by atoms with Crippen molar-refractivity contribution in [2.75, 3.05) is 17.1 Å². The predicted octanol–water partition coefficient (Wildman–Crippen LogP) is 4.25. The van der Waals surface area contributed by atoms with Crippen LogP contribution in [0.1, 0.15) is 5.56 Å². The van der Waals surface area contributed by atoms with E-state index in [-0.39, 0.29) is 4.90 Å². The molecule has 4 nitrogen and oxygen atoms in total. The molecule has 0 amide bonds.